The van der Waals surface area contributed by atoms with Crippen LogP contribution in [0.1, 0.15) is 86.0 Å². The van der Waals surface area contributed by atoms with Crippen LogP contribution in [-0.2, 0) is 41.1 Å². The first-order chi connectivity index (χ1) is 19.3. The van der Waals surface area contributed by atoms with Crippen molar-refractivity contribution in [2.24, 2.45) is 5.92 Å². The van der Waals surface area contributed by atoms with Crippen LogP contribution >= 0.6 is 0 Å². The van der Waals surface area contributed by atoms with Gasteiger partial charge in [-0.25, -0.2) is 4.79 Å². The summed E-state index contributed by atoms with van der Waals surface area (Å²) in [6, 6.07) is 1.80. The van der Waals surface area contributed by atoms with E-state index in [4.69, 9.17) is 36.3 Å². The average molecular weight is 605 g/mol. The fraction of sp³-hybridized carbons (Fsp3) is 0.897. The molecule has 0 aromatic carbocycles. The van der Waals surface area contributed by atoms with Gasteiger partial charge < -0.3 is 36.3 Å². The van der Waals surface area contributed by atoms with Crippen LogP contribution in [0.25, 0.3) is 0 Å². The van der Waals surface area contributed by atoms with Crippen LogP contribution in [-0.4, -0.2) is 88.0 Å². The normalized spacial score (nSPS) is 29.4. The van der Waals surface area contributed by atoms with Crippen LogP contribution in [0.15, 0.2) is 12.2 Å². The minimum atomic E-state index is -2.61. The number of hydrogen-bond donors (Lipinski definition) is 0. The van der Waals surface area contributed by atoms with Gasteiger partial charge in [0.25, 0.3) is 0 Å². The molecule has 3 fully saturated rings. The number of allylic oxidation sites excluding steroid dienone is 1. The predicted molar refractivity (Wildman–Crippen MR) is 159 cm³/mol. The highest BCUT2D eigenvalue weighted by Gasteiger charge is 2.64. The second-order valence-electron chi connectivity index (χ2n) is 10.7. The zero-order valence-electron chi connectivity index (χ0n) is 26.3. The number of carbonyl (C=O) groups excluding carboxylic acids is 1. The molecule has 40 heavy (non-hydrogen) atoms. The van der Waals surface area contributed by atoms with Crippen LogP contribution in [0.2, 0.25) is 12.1 Å². The van der Waals surface area contributed by atoms with E-state index in [9.17, 15) is 4.79 Å². The van der Waals surface area contributed by atoms with Crippen molar-refractivity contribution in [3.63, 3.8) is 0 Å². The first kappa shape index (κ1) is 35.6. The van der Waals surface area contributed by atoms with Crippen LogP contribution in [0.4, 0.5) is 0 Å². The molecular weight excluding hydrogens is 548 g/mol. The van der Waals surface area contributed by atoms with Crippen LogP contribution < -0.4 is 0 Å². The Labute approximate surface area is 245 Å². The summed E-state index contributed by atoms with van der Waals surface area (Å²) >= 11 is 0. The lowest BCUT2D eigenvalue weighted by atomic mass is 9.88. The van der Waals surface area contributed by atoms with Crippen molar-refractivity contribution >= 4 is 23.3 Å². The van der Waals surface area contributed by atoms with Gasteiger partial charge >= 0.3 is 23.3 Å². The fourth-order valence-corrected chi connectivity index (χ4v) is 13.3. The van der Waals surface area contributed by atoms with E-state index in [1.165, 1.54) is 25.3 Å². The third-order valence-corrected chi connectivity index (χ3v) is 15.9. The first-order valence-corrected chi connectivity index (χ1v) is 19.3. The standard InChI is InChI=1S/C15H28O5Si.C14H28O4Si/c1-6-9-14(16)20-13-10-8-12-21(18-4,19-5)15(13,17-3)11-7-2;1-4-15-19(16-5-2,17-6-3)10-9-12-7-8-13-14(11-12)18-13/h6,9,13H,7-8,10-12H2,1-5H3;12-14H,4-11H2,1-3H3. The van der Waals surface area contributed by atoms with E-state index in [1.54, 1.807) is 34.3 Å². The maximum atomic E-state index is 11.9. The molecule has 2 heterocycles. The van der Waals surface area contributed by atoms with Gasteiger partial charge in [0.05, 0.1) is 12.2 Å². The summed E-state index contributed by atoms with van der Waals surface area (Å²) in [5.74, 6) is 0.425. The molecule has 1 aliphatic carbocycles. The average Bonchev–Trinajstić information content (AvgIpc) is 3.73. The van der Waals surface area contributed by atoms with Gasteiger partial charge in [0.15, 0.2) is 0 Å². The van der Waals surface area contributed by atoms with Crippen molar-refractivity contribution in [3.05, 3.63) is 12.2 Å². The molecule has 234 valence electrons. The molecule has 0 aromatic rings. The van der Waals surface area contributed by atoms with Gasteiger partial charge in [-0.15, -0.1) is 0 Å². The van der Waals surface area contributed by atoms with Crippen LogP contribution in [0, 0.1) is 5.92 Å². The van der Waals surface area contributed by atoms with Gasteiger partial charge in [0.1, 0.15) is 11.3 Å². The topological polar surface area (TPSA) is 94.2 Å². The number of esters is 1. The number of hydrogen-bond acceptors (Lipinski definition) is 9. The summed E-state index contributed by atoms with van der Waals surface area (Å²) in [6.45, 7) is 11.9. The molecule has 0 N–H and O–H groups in total. The Morgan fingerprint density at radius 2 is 1.62 bits per heavy atom. The number of ether oxygens (including phenoxy) is 3. The molecule has 5 atom stereocenters. The highest BCUT2D eigenvalue weighted by atomic mass is 28.4. The quantitative estimate of drug-likeness (QED) is 0.0949. The van der Waals surface area contributed by atoms with E-state index < -0.39 is 22.6 Å². The summed E-state index contributed by atoms with van der Waals surface area (Å²) in [5, 5.41) is -0.652. The van der Waals surface area contributed by atoms with Crippen molar-refractivity contribution in [1.29, 1.82) is 0 Å². The van der Waals surface area contributed by atoms with E-state index in [2.05, 4.69) is 6.92 Å². The van der Waals surface area contributed by atoms with E-state index in [1.807, 2.05) is 20.8 Å². The third-order valence-electron chi connectivity index (χ3n) is 8.41. The van der Waals surface area contributed by atoms with E-state index >= 15 is 0 Å². The Balaban J connectivity index is 0.000000281. The molecule has 0 bridgehead atoms. The second kappa shape index (κ2) is 17.5. The van der Waals surface area contributed by atoms with Gasteiger partial charge in [-0.3, -0.25) is 0 Å². The number of fused-ring (bicyclic) bond motifs is 1. The summed E-state index contributed by atoms with van der Waals surface area (Å²) in [4.78, 5) is 11.9. The molecule has 3 rings (SSSR count). The molecule has 1 saturated carbocycles. The van der Waals surface area contributed by atoms with Crippen LogP contribution in [0.3, 0.4) is 0 Å². The van der Waals surface area contributed by atoms with Gasteiger partial charge in [-0.2, -0.15) is 0 Å². The maximum absolute atomic E-state index is 11.9. The Hall–Kier alpha value is -0.636. The van der Waals surface area contributed by atoms with Crippen molar-refractivity contribution in [2.75, 3.05) is 41.2 Å². The van der Waals surface area contributed by atoms with Gasteiger partial charge in [0, 0.05) is 53.3 Å². The van der Waals surface area contributed by atoms with Gasteiger partial charge in [-0.05, 0) is 84.6 Å². The summed E-state index contributed by atoms with van der Waals surface area (Å²) in [5.41, 5.74) is 0. The molecule has 2 aliphatic heterocycles. The first-order valence-electron chi connectivity index (χ1n) is 15.3. The molecule has 9 nitrogen and oxygen atoms in total. The Bertz CT molecular complexity index is 747. The number of rotatable bonds is 16. The SMILES string of the molecule is CC=CC(=O)OC1CCC[Si](OC)(OC)C1(CCC)OC.CCO[Si](CCC1CCC2OC2C1)(OCC)OCC. The molecule has 2 saturated heterocycles. The van der Waals surface area contributed by atoms with Crippen molar-refractivity contribution in [3.8, 4) is 0 Å². The fourth-order valence-electron chi connectivity index (χ4n) is 6.56. The highest BCUT2D eigenvalue weighted by molar-refractivity contribution is 6.71. The summed E-state index contributed by atoms with van der Waals surface area (Å²) in [7, 11) is -0.0207. The number of epoxide rings is 1. The largest absolute Gasteiger partial charge is 0.500 e. The minimum absolute atomic E-state index is 0.327. The zero-order valence-corrected chi connectivity index (χ0v) is 28.3. The minimum Gasteiger partial charge on any atom is -0.456 e. The summed E-state index contributed by atoms with van der Waals surface area (Å²) in [6.07, 6.45) is 12.2. The predicted octanol–water partition coefficient (Wildman–Crippen LogP) is 5.72. The molecule has 3 aliphatic rings. The summed E-state index contributed by atoms with van der Waals surface area (Å²) < 4.78 is 46.6. The molecule has 0 radical (unpaired) electrons. The molecule has 0 spiro atoms. The number of methoxy groups -OCH3 is 1. The van der Waals surface area contributed by atoms with Crippen molar-refractivity contribution in [2.45, 2.75) is 122 Å². The van der Waals surface area contributed by atoms with Gasteiger partial charge in [-0.1, -0.05) is 19.4 Å². The second-order valence-corrected chi connectivity index (χ2v) is 17.1. The lowest BCUT2D eigenvalue weighted by molar-refractivity contribution is -0.162. The van der Waals surface area contributed by atoms with Crippen molar-refractivity contribution in [1.82, 2.24) is 0 Å². The molecule has 11 heteroatoms. The maximum Gasteiger partial charge on any atom is 0.500 e. The molecular formula is C29H56O9Si2. The third kappa shape index (κ3) is 8.93. The lowest BCUT2D eigenvalue weighted by Gasteiger charge is -2.51. The molecule has 5 unspecified atom stereocenters. The van der Waals surface area contributed by atoms with Crippen LogP contribution in [0.5, 0.6) is 0 Å². The Morgan fingerprint density at radius 3 is 2.12 bits per heavy atom. The zero-order chi connectivity index (χ0) is 29.7. The van der Waals surface area contributed by atoms with E-state index in [0.717, 1.165) is 50.1 Å². The lowest BCUT2D eigenvalue weighted by Crippen LogP contribution is -2.71. The molecule has 0 amide bonds. The molecule has 0 aromatic heterocycles. The number of carbonyl (C=O) groups is 1. The smallest absolute Gasteiger partial charge is 0.456 e. The van der Waals surface area contributed by atoms with Gasteiger partial charge in [0.2, 0.25) is 0 Å². The van der Waals surface area contributed by atoms with E-state index in [0.29, 0.717) is 32.0 Å². The Kier molecular flexibility index (Phi) is 15.5. The van der Waals surface area contributed by atoms with Crippen molar-refractivity contribution < 1.29 is 41.1 Å². The Morgan fingerprint density at radius 1 is 0.975 bits per heavy atom. The monoisotopic (exact) mass is 604 g/mol. The van der Waals surface area contributed by atoms with E-state index in [-0.39, 0.29) is 12.1 Å². The highest BCUT2D eigenvalue weighted by Crippen LogP contribution is 2.44.